The standard InChI is InChI=1S/C46H54N8O5S/c1-28(30-10-12-32(13-11-30)42-29(2)47-27-60-42)49-44(58)39-23-36(55)25-54(39)45(59)43(46(3,4)5)51-41(57)26-53-20-18-35(19-21-53)50-34-16-14-31(15-17-34)33-22-38(52-48-24-33)37-8-6-7-9-40(37)56/h6-17,22,24,27-28,35-36,39,43,50,55-56H,18-21,23,25-26H2,1-5H3,(H,49,58)(H,51,57)/t28-,36+,39-,43+/m0/s1. The van der Waals surface area contributed by atoms with E-state index in [1.807, 2.05) is 107 Å². The number of aromatic nitrogens is 3. The zero-order chi connectivity index (χ0) is 42.6. The first-order chi connectivity index (χ1) is 28.7. The van der Waals surface area contributed by atoms with Gasteiger partial charge in [0.15, 0.2) is 0 Å². The first-order valence-electron chi connectivity index (χ1n) is 20.5. The summed E-state index contributed by atoms with van der Waals surface area (Å²) in [5.41, 5.74) is 8.22. The Labute approximate surface area is 355 Å². The van der Waals surface area contributed by atoms with Crippen molar-refractivity contribution in [2.45, 2.75) is 84.2 Å². The van der Waals surface area contributed by atoms with Crippen LogP contribution < -0.4 is 16.0 Å². The predicted octanol–water partition coefficient (Wildman–Crippen LogP) is 6.19. The van der Waals surface area contributed by atoms with E-state index in [0.717, 1.165) is 51.4 Å². The zero-order valence-electron chi connectivity index (χ0n) is 34.8. The number of hydrogen-bond donors (Lipinski definition) is 5. The monoisotopic (exact) mass is 830 g/mol. The van der Waals surface area contributed by atoms with Crippen LogP contribution in [0.1, 0.15) is 64.3 Å². The van der Waals surface area contributed by atoms with Crippen molar-refractivity contribution in [2.75, 3.05) is 31.5 Å². The number of aryl methyl sites for hydroxylation is 1. The largest absolute Gasteiger partial charge is 0.507 e. The summed E-state index contributed by atoms with van der Waals surface area (Å²) < 4.78 is 0. The summed E-state index contributed by atoms with van der Waals surface area (Å²) >= 11 is 1.58. The minimum atomic E-state index is -0.895. The van der Waals surface area contributed by atoms with Crippen molar-refractivity contribution in [3.63, 3.8) is 0 Å². The topological polar surface area (TPSA) is 173 Å². The zero-order valence-corrected chi connectivity index (χ0v) is 35.6. The Morgan fingerprint density at radius 1 is 0.933 bits per heavy atom. The lowest BCUT2D eigenvalue weighted by Crippen LogP contribution is -2.59. The third-order valence-corrected chi connectivity index (χ3v) is 12.4. The quantitative estimate of drug-likeness (QED) is 0.0976. The molecule has 2 fully saturated rings. The van der Waals surface area contributed by atoms with Crippen LogP contribution >= 0.6 is 11.3 Å². The number of nitrogens with zero attached hydrogens (tertiary/aromatic N) is 5. The molecule has 4 heterocycles. The molecule has 0 unspecified atom stereocenters. The molecule has 0 saturated carbocycles. The molecule has 2 aromatic heterocycles. The molecule has 0 spiro atoms. The van der Waals surface area contributed by atoms with Crippen LogP contribution in [0.2, 0.25) is 0 Å². The van der Waals surface area contributed by atoms with Crippen LogP contribution in [0.5, 0.6) is 5.75 Å². The molecular formula is C46H54N8O5S. The number of carbonyl (C=O) groups excluding carboxylic acids is 3. The summed E-state index contributed by atoms with van der Waals surface area (Å²) in [5.74, 6) is -0.823. The van der Waals surface area contributed by atoms with Gasteiger partial charge < -0.3 is 31.1 Å². The van der Waals surface area contributed by atoms with E-state index in [2.05, 4.69) is 36.0 Å². The van der Waals surface area contributed by atoms with Gasteiger partial charge in [0.05, 0.1) is 46.7 Å². The average Bonchev–Trinajstić information content (AvgIpc) is 3.85. The number of piperidine rings is 1. The van der Waals surface area contributed by atoms with Gasteiger partial charge in [-0.05, 0) is 79.1 Å². The highest BCUT2D eigenvalue weighted by molar-refractivity contribution is 7.13. The number of aliphatic hydroxyl groups is 1. The number of benzene rings is 3. The average molecular weight is 831 g/mol. The van der Waals surface area contributed by atoms with Gasteiger partial charge >= 0.3 is 0 Å². The summed E-state index contributed by atoms with van der Waals surface area (Å²) in [6.07, 6.45) is 2.65. The second-order valence-corrected chi connectivity index (χ2v) is 17.9. The van der Waals surface area contributed by atoms with Gasteiger partial charge in [-0.1, -0.05) is 69.3 Å². The first-order valence-corrected chi connectivity index (χ1v) is 21.4. The number of phenols is 1. The Balaban J connectivity index is 0.902. The lowest BCUT2D eigenvalue weighted by atomic mass is 9.85. The molecule has 0 bridgehead atoms. The van der Waals surface area contributed by atoms with Crippen LogP contribution in [0.4, 0.5) is 5.69 Å². The molecule has 0 radical (unpaired) electrons. The second kappa shape index (κ2) is 18.3. The maximum absolute atomic E-state index is 14.2. The smallest absolute Gasteiger partial charge is 0.246 e. The molecule has 7 rings (SSSR count). The Kier molecular flexibility index (Phi) is 12.9. The molecule has 14 heteroatoms. The summed E-state index contributed by atoms with van der Waals surface area (Å²) in [4.78, 5) is 50.4. The highest BCUT2D eigenvalue weighted by Crippen LogP contribution is 2.32. The molecule has 13 nitrogen and oxygen atoms in total. The van der Waals surface area contributed by atoms with Gasteiger partial charge in [-0.15, -0.1) is 11.3 Å². The lowest BCUT2D eigenvalue weighted by molar-refractivity contribution is -0.144. The molecule has 2 saturated heterocycles. The molecule has 4 atom stereocenters. The Morgan fingerprint density at radius 3 is 2.30 bits per heavy atom. The number of nitrogens with one attached hydrogen (secondary N) is 3. The van der Waals surface area contributed by atoms with Gasteiger partial charge in [0.1, 0.15) is 17.8 Å². The van der Waals surface area contributed by atoms with Crippen molar-refractivity contribution in [1.82, 2.24) is 35.6 Å². The van der Waals surface area contributed by atoms with E-state index < -0.39 is 23.6 Å². The number of anilines is 1. The molecule has 5 aromatic rings. The highest BCUT2D eigenvalue weighted by Gasteiger charge is 2.45. The number of likely N-dealkylation sites (tertiary alicyclic amines) is 2. The van der Waals surface area contributed by atoms with Crippen molar-refractivity contribution >= 4 is 34.7 Å². The number of thiazole rings is 1. The van der Waals surface area contributed by atoms with Crippen LogP contribution in [0, 0.1) is 12.3 Å². The number of amides is 3. The minimum Gasteiger partial charge on any atom is -0.507 e. The predicted molar refractivity (Wildman–Crippen MR) is 234 cm³/mol. The number of hydrogen-bond acceptors (Lipinski definition) is 11. The number of aromatic hydroxyl groups is 1. The molecule has 60 heavy (non-hydrogen) atoms. The van der Waals surface area contributed by atoms with Gasteiger partial charge in [-0.3, -0.25) is 19.3 Å². The summed E-state index contributed by atoms with van der Waals surface area (Å²) in [6.45, 7) is 11.1. The third-order valence-electron chi connectivity index (χ3n) is 11.4. The van der Waals surface area contributed by atoms with Gasteiger partial charge in [-0.2, -0.15) is 10.2 Å². The van der Waals surface area contributed by atoms with Crippen LogP contribution in [-0.4, -0.2) is 103 Å². The Hall–Kier alpha value is -5.70. The van der Waals surface area contributed by atoms with E-state index in [1.54, 1.807) is 29.7 Å². The second-order valence-electron chi connectivity index (χ2n) is 17.0. The number of aliphatic hydroxyl groups excluding tert-OH is 1. The molecule has 0 aliphatic carbocycles. The molecule has 5 N–H and O–H groups in total. The third kappa shape index (κ3) is 10.0. The maximum Gasteiger partial charge on any atom is 0.246 e. The Morgan fingerprint density at radius 2 is 1.63 bits per heavy atom. The van der Waals surface area contributed by atoms with E-state index in [0.29, 0.717) is 24.3 Å². The molecule has 3 amide bonds. The van der Waals surface area contributed by atoms with E-state index >= 15 is 0 Å². The summed E-state index contributed by atoms with van der Waals surface area (Å²) in [7, 11) is 0. The normalized spacial score (nSPS) is 18.5. The van der Waals surface area contributed by atoms with Crippen molar-refractivity contribution in [2.24, 2.45) is 5.41 Å². The SMILES string of the molecule is Cc1ncsc1-c1ccc([C@H](C)NC(=O)[C@@H]2C[C@@H](O)CN2C(=O)[C@@H](NC(=O)CN2CCC(Nc3ccc(-c4cnnc(-c5ccccc5O)c4)cc3)CC2)C(C)(C)C)cc1. The number of rotatable bonds is 12. The van der Waals surface area contributed by atoms with Gasteiger partial charge in [0, 0.05) is 48.9 Å². The highest BCUT2D eigenvalue weighted by atomic mass is 32.1. The van der Waals surface area contributed by atoms with Crippen molar-refractivity contribution in [3.05, 3.63) is 102 Å². The van der Waals surface area contributed by atoms with Gasteiger partial charge in [0.2, 0.25) is 17.7 Å². The van der Waals surface area contributed by atoms with Crippen molar-refractivity contribution < 1.29 is 24.6 Å². The van der Waals surface area contributed by atoms with Crippen LogP contribution in [-0.2, 0) is 14.4 Å². The van der Waals surface area contributed by atoms with Crippen LogP contribution in [0.15, 0.2) is 90.6 Å². The molecule has 314 valence electrons. The first kappa shape index (κ1) is 42.4. The number of β-amino-alcohol motifs (C(OH)–C–C–N with tert-alkyl or cyclic N) is 1. The van der Waals surface area contributed by atoms with Crippen molar-refractivity contribution in [3.8, 4) is 38.6 Å². The summed E-state index contributed by atoms with van der Waals surface area (Å²) in [5, 5.41) is 39.0. The molecule has 3 aromatic carbocycles. The van der Waals surface area contributed by atoms with Gasteiger partial charge in [-0.25, -0.2) is 4.98 Å². The van der Waals surface area contributed by atoms with Gasteiger partial charge in [0.25, 0.3) is 0 Å². The van der Waals surface area contributed by atoms with E-state index in [1.165, 1.54) is 4.90 Å². The molecular weight excluding hydrogens is 777 g/mol. The van der Waals surface area contributed by atoms with E-state index in [-0.39, 0.29) is 55.1 Å². The lowest BCUT2D eigenvalue weighted by Gasteiger charge is -2.36. The van der Waals surface area contributed by atoms with Crippen LogP contribution in [0.3, 0.4) is 0 Å². The maximum atomic E-state index is 14.2. The fourth-order valence-corrected chi connectivity index (χ4v) is 8.81. The van der Waals surface area contributed by atoms with E-state index in [9.17, 15) is 24.6 Å². The van der Waals surface area contributed by atoms with E-state index in [4.69, 9.17) is 0 Å². The number of para-hydroxylation sites is 1. The fraction of sp³-hybridized carbons (Fsp3) is 0.391. The molecule has 2 aliphatic rings. The number of phenolic OH excluding ortho intramolecular Hbond substituents is 1. The number of carbonyl (C=O) groups is 3. The Bertz CT molecular complexity index is 2280. The molecule has 2 aliphatic heterocycles. The van der Waals surface area contributed by atoms with Crippen LogP contribution in [0.25, 0.3) is 32.8 Å². The minimum absolute atomic E-state index is 0.0153. The summed E-state index contributed by atoms with van der Waals surface area (Å²) in [6, 6.07) is 23.2. The van der Waals surface area contributed by atoms with Crippen molar-refractivity contribution in [1.29, 1.82) is 0 Å². The fourth-order valence-electron chi connectivity index (χ4n) is 8.00.